The van der Waals surface area contributed by atoms with Gasteiger partial charge in [0.1, 0.15) is 5.75 Å². The van der Waals surface area contributed by atoms with Crippen LogP contribution in [-0.4, -0.2) is 30.8 Å². The van der Waals surface area contributed by atoms with E-state index in [1.54, 1.807) is 7.11 Å². The van der Waals surface area contributed by atoms with Crippen molar-refractivity contribution in [3.63, 3.8) is 0 Å². The smallest absolute Gasteiger partial charge is 0.220 e. The molecular weight excluding hydrogens is 266 g/mol. The number of ether oxygens (including phenoxy) is 1. The van der Waals surface area contributed by atoms with Crippen molar-refractivity contribution in [2.75, 3.05) is 13.7 Å². The average molecular weight is 291 g/mol. The number of carbonyl (C=O) groups excluding carboxylic acids is 1. The van der Waals surface area contributed by atoms with Crippen molar-refractivity contribution >= 4 is 5.91 Å². The first-order valence-electron chi connectivity index (χ1n) is 7.69. The van der Waals surface area contributed by atoms with Crippen molar-refractivity contribution < 1.29 is 14.6 Å². The number of para-hydroxylation sites is 1. The molecule has 0 radical (unpaired) electrons. The Morgan fingerprint density at radius 1 is 1.43 bits per heavy atom. The predicted molar refractivity (Wildman–Crippen MR) is 82.4 cm³/mol. The lowest BCUT2D eigenvalue weighted by atomic mass is 9.81. The number of aliphatic hydroxyl groups excluding tert-OH is 1. The summed E-state index contributed by atoms with van der Waals surface area (Å²) in [4.78, 5) is 12.0. The Balaban J connectivity index is 1.81. The Kier molecular flexibility index (Phi) is 5.62. The zero-order valence-corrected chi connectivity index (χ0v) is 12.8. The predicted octanol–water partition coefficient (Wildman–Crippen LogP) is 2.47. The molecule has 4 nitrogen and oxygen atoms in total. The summed E-state index contributed by atoms with van der Waals surface area (Å²) in [6.07, 6.45) is 3.35. The molecule has 2 rings (SSSR count). The summed E-state index contributed by atoms with van der Waals surface area (Å²) < 4.78 is 5.33. The van der Waals surface area contributed by atoms with E-state index in [1.807, 2.05) is 31.2 Å². The van der Waals surface area contributed by atoms with Crippen LogP contribution in [0.1, 0.15) is 44.1 Å². The van der Waals surface area contributed by atoms with Crippen molar-refractivity contribution in [3.05, 3.63) is 29.8 Å². The van der Waals surface area contributed by atoms with Gasteiger partial charge in [0.25, 0.3) is 0 Å². The second-order valence-electron chi connectivity index (χ2n) is 5.91. The minimum absolute atomic E-state index is 0.0215. The van der Waals surface area contributed by atoms with Crippen molar-refractivity contribution in [1.82, 2.24) is 5.32 Å². The standard InChI is InChI=1S/C17H25NO3/c1-12(14-8-3-4-9-16(14)21-2)10-17(20)18-11-15(19)13-6-5-7-13/h3-4,8-9,12-13,15,19H,5-7,10-11H2,1-2H3,(H,18,20)/t12-,15-/m0/s1. The number of aliphatic hydroxyl groups is 1. The number of methoxy groups -OCH3 is 1. The van der Waals surface area contributed by atoms with Gasteiger partial charge in [0.15, 0.2) is 0 Å². The summed E-state index contributed by atoms with van der Waals surface area (Å²) in [6.45, 7) is 2.38. The fourth-order valence-corrected chi connectivity index (χ4v) is 2.74. The summed E-state index contributed by atoms with van der Waals surface area (Å²) in [7, 11) is 1.64. The van der Waals surface area contributed by atoms with Crippen LogP contribution in [-0.2, 0) is 4.79 Å². The van der Waals surface area contributed by atoms with Crippen LogP contribution in [0, 0.1) is 5.92 Å². The SMILES string of the molecule is COc1ccccc1[C@@H](C)CC(=O)NC[C@H](O)C1CCC1. The van der Waals surface area contributed by atoms with Gasteiger partial charge in [0.2, 0.25) is 5.91 Å². The van der Waals surface area contributed by atoms with E-state index in [4.69, 9.17) is 4.74 Å². The topological polar surface area (TPSA) is 58.6 Å². The second kappa shape index (κ2) is 7.46. The Morgan fingerprint density at radius 2 is 2.14 bits per heavy atom. The Labute approximate surface area is 126 Å². The molecule has 1 amide bonds. The number of carbonyl (C=O) groups is 1. The molecule has 0 saturated heterocycles. The van der Waals surface area contributed by atoms with Crippen LogP contribution >= 0.6 is 0 Å². The molecule has 0 aromatic heterocycles. The van der Waals surface area contributed by atoms with Crippen molar-refractivity contribution in [2.24, 2.45) is 5.92 Å². The fraction of sp³-hybridized carbons (Fsp3) is 0.588. The van der Waals surface area contributed by atoms with Gasteiger partial charge < -0.3 is 15.2 Å². The number of hydrogen-bond donors (Lipinski definition) is 2. The molecule has 1 aliphatic rings. The summed E-state index contributed by atoms with van der Waals surface area (Å²) in [6, 6.07) is 7.76. The third-order valence-corrected chi connectivity index (χ3v) is 4.36. The van der Waals surface area contributed by atoms with Crippen LogP contribution in [0.5, 0.6) is 5.75 Å². The van der Waals surface area contributed by atoms with Crippen LogP contribution in [0.2, 0.25) is 0 Å². The molecule has 2 atom stereocenters. The molecule has 1 aromatic carbocycles. The highest BCUT2D eigenvalue weighted by molar-refractivity contribution is 5.77. The Morgan fingerprint density at radius 3 is 2.76 bits per heavy atom. The normalized spacial score (nSPS) is 17.7. The van der Waals surface area contributed by atoms with Crippen molar-refractivity contribution in [3.8, 4) is 5.75 Å². The average Bonchev–Trinajstić information content (AvgIpc) is 2.43. The van der Waals surface area contributed by atoms with E-state index < -0.39 is 6.10 Å². The molecule has 0 heterocycles. The number of hydrogen-bond acceptors (Lipinski definition) is 3. The fourth-order valence-electron chi connectivity index (χ4n) is 2.74. The van der Waals surface area contributed by atoms with E-state index in [-0.39, 0.29) is 11.8 Å². The second-order valence-corrected chi connectivity index (χ2v) is 5.91. The van der Waals surface area contributed by atoms with E-state index in [9.17, 15) is 9.90 Å². The molecule has 0 spiro atoms. The third kappa shape index (κ3) is 4.21. The van der Waals surface area contributed by atoms with Crippen LogP contribution < -0.4 is 10.1 Å². The zero-order valence-electron chi connectivity index (χ0n) is 12.8. The summed E-state index contributed by atoms with van der Waals surface area (Å²) in [5, 5.41) is 12.8. The maximum absolute atomic E-state index is 12.0. The number of rotatable bonds is 7. The van der Waals surface area contributed by atoms with E-state index >= 15 is 0 Å². The van der Waals surface area contributed by atoms with Gasteiger partial charge in [-0.1, -0.05) is 31.5 Å². The molecular formula is C17H25NO3. The van der Waals surface area contributed by atoms with Crippen LogP contribution in [0.4, 0.5) is 0 Å². The highest BCUT2D eigenvalue weighted by Crippen LogP contribution is 2.30. The van der Waals surface area contributed by atoms with Gasteiger partial charge in [0, 0.05) is 13.0 Å². The third-order valence-electron chi connectivity index (χ3n) is 4.36. The van der Waals surface area contributed by atoms with Gasteiger partial charge in [-0.25, -0.2) is 0 Å². The lowest BCUT2D eigenvalue weighted by molar-refractivity contribution is -0.122. The maximum Gasteiger partial charge on any atom is 0.220 e. The quantitative estimate of drug-likeness (QED) is 0.811. The molecule has 1 aromatic rings. The summed E-state index contributed by atoms with van der Waals surface area (Å²) in [5.74, 6) is 1.25. The van der Waals surface area contributed by atoms with E-state index in [0.29, 0.717) is 18.9 Å². The summed E-state index contributed by atoms with van der Waals surface area (Å²) >= 11 is 0. The van der Waals surface area contributed by atoms with E-state index in [0.717, 1.165) is 24.2 Å². The Hall–Kier alpha value is -1.55. The minimum Gasteiger partial charge on any atom is -0.496 e. The molecule has 0 bridgehead atoms. The van der Waals surface area contributed by atoms with Crippen LogP contribution in [0.25, 0.3) is 0 Å². The van der Waals surface area contributed by atoms with Crippen molar-refractivity contribution in [2.45, 2.75) is 44.6 Å². The molecule has 1 saturated carbocycles. The van der Waals surface area contributed by atoms with Crippen molar-refractivity contribution in [1.29, 1.82) is 0 Å². The summed E-state index contributed by atoms with van der Waals surface area (Å²) in [5.41, 5.74) is 1.04. The molecule has 0 aliphatic heterocycles. The highest BCUT2D eigenvalue weighted by atomic mass is 16.5. The first-order valence-corrected chi connectivity index (χ1v) is 7.69. The lowest BCUT2D eigenvalue weighted by Gasteiger charge is -2.30. The molecule has 4 heteroatoms. The lowest BCUT2D eigenvalue weighted by Crippen LogP contribution is -2.38. The maximum atomic E-state index is 12.0. The molecule has 0 unspecified atom stereocenters. The number of benzene rings is 1. The van der Waals surface area contributed by atoms with E-state index in [1.165, 1.54) is 6.42 Å². The van der Waals surface area contributed by atoms with Gasteiger partial charge in [-0.05, 0) is 36.3 Å². The zero-order chi connectivity index (χ0) is 15.2. The monoisotopic (exact) mass is 291 g/mol. The molecule has 1 aliphatic carbocycles. The van der Waals surface area contributed by atoms with Crippen LogP contribution in [0.15, 0.2) is 24.3 Å². The van der Waals surface area contributed by atoms with Crippen LogP contribution in [0.3, 0.4) is 0 Å². The molecule has 2 N–H and O–H groups in total. The largest absolute Gasteiger partial charge is 0.496 e. The van der Waals surface area contributed by atoms with Gasteiger partial charge in [-0.3, -0.25) is 4.79 Å². The van der Waals surface area contributed by atoms with Gasteiger partial charge in [-0.15, -0.1) is 0 Å². The van der Waals surface area contributed by atoms with Gasteiger partial charge in [0.05, 0.1) is 13.2 Å². The highest BCUT2D eigenvalue weighted by Gasteiger charge is 2.25. The number of nitrogens with one attached hydrogen (secondary N) is 1. The first kappa shape index (κ1) is 15.8. The van der Waals surface area contributed by atoms with Gasteiger partial charge >= 0.3 is 0 Å². The van der Waals surface area contributed by atoms with Gasteiger partial charge in [-0.2, -0.15) is 0 Å². The van der Waals surface area contributed by atoms with E-state index in [2.05, 4.69) is 5.32 Å². The molecule has 116 valence electrons. The Bertz CT molecular complexity index is 471. The minimum atomic E-state index is -0.399. The number of amides is 1. The first-order chi connectivity index (χ1) is 10.1. The molecule has 1 fully saturated rings. The molecule has 21 heavy (non-hydrogen) atoms.